The van der Waals surface area contributed by atoms with Crippen LogP contribution in [0, 0.1) is 5.92 Å². The largest absolute Gasteiger partial charge is 0.399 e. The highest BCUT2D eigenvalue weighted by atomic mass is 16.6. The Labute approximate surface area is 79.8 Å². The lowest BCUT2D eigenvalue weighted by molar-refractivity contribution is 0.210. The first-order valence-corrected chi connectivity index (χ1v) is 5.09. The van der Waals surface area contributed by atoms with Crippen molar-refractivity contribution in [2.45, 2.75) is 38.5 Å². The van der Waals surface area contributed by atoms with Crippen molar-refractivity contribution in [3.8, 4) is 0 Å². The van der Waals surface area contributed by atoms with Gasteiger partial charge in [0.1, 0.15) is 7.11 Å². The van der Waals surface area contributed by atoms with Gasteiger partial charge in [0.15, 0.2) is 0 Å². The molecule has 0 aliphatic heterocycles. The van der Waals surface area contributed by atoms with Gasteiger partial charge in [0.2, 0.25) is 0 Å². The topological polar surface area (TPSA) is 41.8 Å². The van der Waals surface area contributed by atoms with E-state index in [4.69, 9.17) is 9.94 Å². The maximum Gasteiger partial charge on any atom is 0.106 e. The number of hydrogen-bond acceptors (Lipinski definition) is 3. The number of hydrogen-bond donors (Lipinski definition) is 1. The van der Waals surface area contributed by atoms with Gasteiger partial charge in [-0.05, 0) is 32.1 Å². The lowest BCUT2D eigenvalue weighted by atomic mass is 9.99. The minimum atomic E-state index is 0.309. The first-order chi connectivity index (χ1) is 6.38. The standard InChI is InChI=1S/C10H19NO2/c1-13-11-10-7-4-6-9(10)5-2-3-8-12/h9,12H,2-8H2,1H3. The third kappa shape index (κ3) is 3.35. The summed E-state index contributed by atoms with van der Waals surface area (Å²) >= 11 is 0. The molecule has 0 radical (unpaired) electrons. The molecule has 0 aromatic rings. The minimum Gasteiger partial charge on any atom is -0.399 e. The number of aliphatic hydroxyl groups excluding tert-OH is 1. The van der Waals surface area contributed by atoms with E-state index >= 15 is 0 Å². The molecular formula is C10H19NO2. The highest BCUT2D eigenvalue weighted by Crippen LogP contribution is 2.27. The maximum atomic E-state index is 8.65. The smallest absolute Gasteiger partial charge is 0.106 e. The Balaban J connectivity index is 2.27. The van der Waals surface area contributed by atoms with Crippen molar-refractivity contribution < 1.29 is 9.94 Å². The lowest BCUT2D eigenvalue weighted by Crippen LogP contribution is -2.07. The summed E-state index contributed by atoms with van der Waals surface area (Å²) in [6, 6.07) is 0. The second-order valence-corrected chi connectivity index (χ2v) is 3.57. The first kappa shape index (κ1) is 10.5. The zero-order valence-electron chi connectivity index (χ0n) is 8.33. The number of nitrogens with zero attached hydrogens (tertiary/aromatic N) is 1. The molecule has 0 amide bonds. The fraction of sp³-hybridized carbons (Fsp3) is 0.900. The van der Waals surface area contributed by atoms with Gasteiger partial charge in [-0.15, -0.1) is 0 Å². The highest BCUT2D eigenvalue weighted by molar-refractivity contribution is 5.87. The summed E-state index contributed by atoms with van der Waals surface area (Å²) in [5, 5.41) is 12.7. The van der Waals surface area contributed by atoms with E-state index in [1.165, 1.54) is 18.6 Å². The second kappa shape index (κ2) is 5.97. The molecule has 1 rings (SSSR count). The van der Waals surface area contributed by atoms with Gasteiger partial charge in [-0.3, -0.25) is 0 Å². The fourth-order valence-corrected chi connectivity index (χ4v) is 1.95. The van der Waals surface area contributed by atoms with Gasteiger partial charge in [0.05, 0.1) is 5.71 Å². The summed E-state index contributed by atoms with van der Waals surface area (Å²) in [7, 11) is 1.61. The molecule has 1 N–H and O–H groups in total. The van der Waals surface area contributed by atoms with Gasteiger partial charge < -0.3 is 9.94 Å². The molecule has 3 nitrogen and oxygen atoms in total. The van der Waals surface area contributed by atoms with Crippen molar-refractivity contribution in [3.05, 3.63) is 0 Å². The molecular weight excluding hydrogens is 166 g/mol. The summed E-state index contributed by atoms with van der Waals surface area (Å²) in [5.41, 5.74) is 1.22. The van der Waals surface area contributed by atoms with Gasteiger partial charge in [-0.2, -0.15) is 0 Å². The van der Waals surface area contributed by atoms with E-state index in [1.54, 1.807) is 7.11 Å². The second-order valence-electron chi connectivity index (χ2n) is 3.57. The van der Waals surface area contributed by atoms with Crippen LogP contribution < -0.4 is 0 Å². The van der Waals surface area contributed by atoms with Gasteiger partial charge in [-0.1, -0.05) is 11.6 Å². The molecule has 13 heavy (non-hydrogen) atoms. The Morgan fingerprint density at radius 2 is 2.38 bits per heavy atom. The van der Waals surface area contributed by atoms with Crippen LogP contribution in [0.3, 0.4) is 0 Å². The first-order valence-electron chi connectivity index (χ1n) is 5.09. The summed E-state index contributed by atoms with van der Waals surface area (Å²) in [5.74, 6) is 0.617. The number of rotatable bonds is 5. The molecule has 0 aromatic heterocycles. The van der Waals surface area contributed by atoms with Crippen LogP contribution in [0.2, 0.25) is 0 Å². The summed E-state index contributed by atoms with van der Waals surface area (Å²) in [6.07, 6.45) is 6.75. The normalized spacial score (nSPS) is 25.4. The molecule has 3 heteroatoms. The molecule has 0 heterocycles. The van der Waals surface area contributed by atoms with E-state index < -0.39 is 0 Å². The van der Waals surface area contributed by atoms with Crippen molar-refractivity contribution >= 4 is 5.71 Å². The predicted molar refractivity (Wildman–Crippen MR) is 52.7 cm³/mol. The quantitative estimate of drug-likeness (QED) is 0.525. The van der Waals surface area contributed by atoms with Crippen LogP contribution in [0.25, 0.3) is 0 Å². The molecule has 1 atom stereocenters. The summed E-state index contributed by atoms with van der Waals surface area (Å²) in [6.45, 7) is 0.309. The van der Waals surface area contributed by atoms with Gasteiger partial charge in [0.25, 0.3) is 0 Å². The molecule has 1 fully saturated rings. The minimum absolute atomic E-state index is 0.309. The molecule has 1 saturated carbocycles. The number of oxime groups is 1. The van der Waals surface area contributed by atoms with Crippen LogP contribution in [0.15, 0.2) is 5.16 Å². The Morgan fingerprint density at radius 3 is 3.08 bits per heavy atom. The summed E-state index contributed by atoms with van der Waals surface area (Å²) in [4.78, 5) is 4.80. The van der Waals surface area contributed by atoms with Crippen molar-refractivity contribution in [2.24, 2.45) is 11.1 Å². The van der Waals surface area contributed by atoms with Crippen molar-refractivity contribution in [2.75, 3.05) is 13.7 Å². The van der Waals surface area contributed by atoms with E-state index in [1.807, 2.05) is 0 Å². The molecule has 1 aliphatic rings. The van der Waals surface area contributed by atoms with Crippen LogP contribution in [-0.4, -0.2) is 24.5 Å². The molecule has 0 spiro atoms. The van der Waals surface area contributed by atoms with Crippen LogP contribution in [0.5, 0.6) is 0 Å². The van der Waals surface area contributed by atoms with E-state index in [0.717, 1.165) is 25.7 Å². The fourth-order valence-electron chi connectivity index (χ4n) is 1.95. The third-order valence-corrected chi connectivity index (χ3v) is 2.63. The third-order valence-electron chi connectivity index (χ3n) is 2.63. The lowest BCUT2D eigenvalue weighted by Gasteiger charge is -2.08. The average Bonchev–Trinajstić information content (AvgIpc) is 2.54. The van der Waals surface area contributed by atoms with Crippen LogP contribution in [0.1, 0.15) is 38.5 Å². The maximum absolute atomic E-state index is 8.65. The zero-order chi connectivity index (χ0) is 9.52. The monoisotopic (exact) mass is 185 g/mol. The molecule has 0 saturated heterocycles. The van der Waals surface area contributed by atoms with E-state index in [9.17, 15) is 0 Å². The number of aliphatic hydroxyl groups is 1. The van der Waals surface area contributed by atoms with Gasteiger partial charge in [0, 0.05) is 12.5 Å². The van der Waals surface area contributed by atoms with Crippen molar-refractivity contribution in [1.29, 1.82) is 0 Å². The summed E-state index contributed by atoms with van der Waals surface area (Å²) < 4.78 is 0. The Morgan fingerprint density at radius 1 is 1.54 bits per heavy atom. The van der Waals surface area contributed by atoms with Crippen LogP contribution in [0.4, 0.5) is 0 Å². The predicted octanol–water partition coefficient (Wildman–Crippen LogP) is 1.95. The van der Waals surface area contributed by atoms with Gasteiger partial charge in [-0.25, -0.2) is 0 Å². The Hall–Kier alpha value is -0.570. The van der Waals surface area contributed by atoms with Crippen molar-refractivity contribution in [3.63, 3.8) is 0 Å². The Bertz CT molecular complexity index is 168. The zero-order valence-corrected chi connectivity index (χ0v) is 8.33. The molecule has 1 aliphatic carbocycles. The average molecular weight is 185 g/mol. The van der Waals surface area contributed by atoms with Crippen LogP contribution in [-0.2, 0) is 4.84 Å². The number of unbranched alkanes of at least 4 members (excludes halogenated alkanes) is 1. The van der Waals surface area contributed by atoms with E-state index in [-0.39, 0.29) is 0 Å². The highest BCUT2D eigenvalue weighted by Gasteiger charge is 2.22. The molecule has 0 aromatic carbocycles. The Kier molecular flexibility index (Phi) is 4.83. The van der Waals surface area contributed by atoms with Crippen LogP contribution >= 0.6 is 0 Å². The SMILES string of the molecule is CON=C1CCCC1CCCCO. The molecule has 0 bridgehead atoms. The molecule has 1 unspecified atom stereocenters. The van der Waals surface area contributed by atoms with Gasteiger partial charge >= 0.3 is 0 Å². The van der Waals surface area contributed by atoms with Crippen molar-refractivity contribution in [1.82, 2.24) is 0 Å². The van der Waals surface area contributed by atoms with E-state index in [0.29, 0.717) is 12.5 Å². The molecule has 76 valence electrons. The van der Waals surface area contributed by atoms with E-state index in [2.05, 4.69) is 5.16 Å².